The van der Waals surface area contributed by atoms with Crippen molar-refractivity contribution in [2.75, 3.05) is 0 Å². The maximum atomic E-state index is 12.9. The molecular formula is C21H36N4O9. The van der Waals surface area contributed by atoms with Gasteiger partial charge in [-0.05, 0) is 31.1 Å². The Labute approximate surface area is 197 Å². The van der Waals surface area contributed by atoms with E-state index >= 15 is 0 Å². The Kier molecular flexibility index (Phi) is 13.4. The van der Waals surface area contributed by atoms with Crippen molar-refractivity contribution in [1.82, 2.24) is 16.0 Å². The summed E-state index contributed by atoms with van der Waals surface area (Å²) in [5, 5.41) is 33.9. The van der Waals surface area contributed by atoms with Gasteiger partial charge in [-0.1, -0.05) is 27.7 Å². The molecule has 0 saturated heterocycles. The predicted molar refractivity (Wildman–Crippen MR) is 119 cm³/mol. The quantitative estimate of drug-likeness (QED) is 0.144. The molecule has 4 unspecified atom stereocenters. The van der Waals surface area contributed by atoms with Gasteiger partial charge in [0.1, 0.15) is 18.1 Å². The van der Waals surface area contributed by atoms with Gasteiger partial charge in [-0.15, -0.1) is 0 Å². The van der Waals surface area contributed by atoms with Gasteiger partial charge in [-0.25, -0.2) is 4.79 Å². The van der Waals surface area contributed by atoms with Gasteiger partial charge in [0.15, 0.2) is 0 Å². The Morgan fingerprint density at radius 2 is 1.09 bits per heavy atom. The molecule has 0 rings (SSSR count). The van der Waals surface area contributed by atoms with E-state index in [4.69, 9.17) is 15.9 Å². The normalized spacial score (nSPS) is 14.6. The lowest BCUT2D eigenvalue weighted by molar-refractivity contribution is -0.147. The molecule has 0 spiro atoms. The fourth-order valence-electron chi connectivity index (χ4n) is 3.01. The maximum absolute atomic E-state index is 12.9. The minimum Gasteiger partial charge on any atom is -0.481 e. The molecule has 13 nitrogen and oxygen atoms in total. The van der Waals surface area contributed by atoms with Crippen LogP contribution in [0.4, 0.5) is 0 Å². The highest BCUT2D eigenvalue weighted by Gasteiger charge is 2.31. The average Bonchev–Trinajstić information content (AvgIpc) is 2.68. The molecule has 194 valence electrons. The molecule has 0 fully saturated rings. The SMILES string of the molecule is CC(C)CC(NC(=O)C(N)CCC(=O)O)C(=O)NC(CC(C)C)C(=O)NC(CC(=O)O)C(=O)O. The predicted octanol–water partition coefficient (Wildman–Crippen LogP) is -0.716. The summed E-state index contributed by atoms with van der Waals surface area (Å²) in [6, 6.07) is -5.11. The summed E-state index contributed by atoms with van der Waals surface area (Å²) in [6.07, 6.45) is -0.986. The minimum absolute atomic E-state index is 0.0457. The van der Waals surface area contributed by atoms with Crippen LogP contribution in [-0.2, 0) is 28.8 Å². The topological polar surface area (TPSA) is 225 Å². The fraction of sp³-hybridized carbons (Fsp3) is 0.714. The van der Waals surface area contributed by atoms with Crippen molar-refractivity contribution in [3.05, 3.63) is 0 Å². The van der Waals surface area contributed by atoms with Crippen LogP contribution in [0.1, 0.15) is 59.8 Å². The summed E-state index contributed by atoms with van der Waals surface area (Å²) in [5.74, 6) is -6.52. The third kappa shape index (κ3) is 12.7. The molecule has 3 amide bonds. The number of hydrogen-bond donors (Lipinski definition) is 7. The van der Waals surface area contributed by atoms with E-state index < -0.39 is 66.2 Å². The zero-order valence-electron chi connectivity index (χ0n) is 19.9. The van der Waals surface area contributed by atoms with E-state index in [1.807, 2.05) is 0 Å². The minimum atomic E-state index is -1.69. The van der Waals surface area contributed by atoms with Crippen LogP contribution in [-0.4, -0.2) is 75.1 Å². The average molecular weight is 489 g/mol. The van der Waals surface area contributed by atoms with E-state index in [1.54, 1.807) is 27.7 Å². The van der Waals surface area contributed by atoms with Crippen molar-refractivity contribution in [2.24, 2.45) is 17.6 Å². The molecule has 0 saturated carbocycles. The molecule has 0 radical (unpaired) electrons. The Bertz CT molecular complexity index is 755. The molecule has 0 aromatic rings. The summed E-state index contributed by atoms with van der Waals surface area (Å²) in [5.41, 5.74) is 5.71. The van der Waals surface area contributed by atoms with Crippen molar-refractivity contribution < 1.29 is 44.1 Å². The number of hydrogen-bond acceptors (Lipinski definition) is 7. The number of amides is 3. The van der Waals surface area contributed by atoms with Gasteiger partial charge in [-0.2, -0.15) is 0 Å². The van der Waals surface area contributed by atoms with Crippen molar-refractivity contribution in [2.45, 2.75) is 84.0 Å². The standard InChI is InChI=1S/C21H36N4O9/c1-10(2)7-13(23-18(30)12(22)5-6-16(26)27)19(31)24-14(8-11(3)4)20(32)25-15(21(33)34)9-17(28)29/h10-15H,5-9,22H2,1-4H3,(H,23,30)(H,24,31)(H,25,32)(H,26,27)(H,28,29)(H,33,34). The molecule has 0 heterocycles. The van der Waals surface area contributed by atoms with Crippen molar-refractivity contribution >= 4 is 35.6 Å². The van der Waals surface area contributed by atoms with E-state index in [0.717, 1.165) is 0 Å². The van der Waals surface area contributed by atoms with Crippen LogP contribution in [0.5, 0.6) is 0 Å². The van der Waals surface area contributed by atoms with Gasteiger partial charge in [0.05, 0.1) is 12.5 Å². The lowest BCUT2D eigenvalue weighted by Gasteiger charge is -2.26. The lowest BCUT2D eigenvalue weighted by atomic mass is 9.99. The monoisotopic (exact) mass is 488 g/mol. The zero-order chi connectivity index (χ0) is 26.6. The first kappa shape index (κ1) is 30.8. The first-order chi connectivity index (χ1) is 15.6. The molecular weight excluding hydrogens is 452 g/mol. The Balaban J connectivity index is 5.50. The van der Waals surface area contributed by atoms with Crippen molar-refractivity contribution in [1.29, 1.82) is 0 Å². The molecule has 0 aliphatic heterocycles. The van der Waals surface area contributed by atoms with Crippen molar-refractivity contribution in [3.8, 4) is 0 Å². The summed E-state index contributed by atoms with van der Waals surface area (Å²) in [7, 11) is 0. The van der Waals surface area contributed by atoms with Crippen LogP contribution in [0.15, 0.2) is 0 Å². The smallest absolute Gasteiger partial charge is 0.326 e. The van der Waals surface area contributed by atoms with Crippen LogP contribution < -0.4 is 21.7 Å². The molecule has 0 aromatic carbocycles. The summed E-state index contributed by atoms with van der Waals surface area (Å²) in [4.78, 5) is 70.9. The number of carboxylic acids is 3. The summed E-state index contributed by atoms with van der Waals surface area (Å²) >= 11 is 0. The number of carbonyl (C=O) groups excluding carboxylic acids is 3. The molecule has 0 bridgehead atoms. The Hall–Kier alpha value is -3.22. The summed E-state index contributed by atoms with van der Waals surface area (Å²) < 4.78 is 0. The molecule has 0 aliphatic rings. The molecule has 34 heavy (non-hydrogen) atoms. The zero-order valence-corrected chi connectivity index (χ0v) is 19.9. The van der Waals surface area contributed by atoms with E-state index in [2.05, 4.69) is 16.0 Å². The molecule has 13 heteroatoms. The van der Waals surface area contributed by atoms with Crippen LogP contribution in [0.3, 0.4) is 0 Å². The third-order valence-corrected chi connectivity index (χ3v) is 4.68. The number of carboxylic acid groups (broad SMARTS) is 3. The maximum Gasteiger partial charge on any atom is 0.326 e. The Morgan fingerprint density at radius 1 is 0.676 bits per heavy atom. The number of nitrogens with two attached hydrogens (primary N) is 1. The fourth-order valence-corrected chi connectivity index (χ4v) is 3.01. The van der Waals surface area contributed by atoms with Gasteiger partial charge < -0.3 is 37.0 Å². The van der Waals surface area contributed by atoms with Crippen molar-refractivity contribution in [3.63, 3.8) is 0 Å². The largest absolute Gasteiger partial charge is 0.481 e. The second kappa shape index (κ2) is 14.8. The molecule has 4 atom stereocenters. The van der Waals surface area contributed by atoms with Gasteiger partial charge in [0.25, 0.3) is 0 Å². The van der Waals surface area contributed by atoms with E-state index in [-0.39, 0.29) is 37.5 Å². The van der Waals surface area contributed by atoms with Gasteiger partial charge in [0, 0.05) is 6.42 Å². The van der Waals surface area contributed by atoms with Crippen LogP contribution in [0.2, 0.25) is 0 Å². The van der Waals surface area contributed by atoms with E-state index in [1.165, 1.54) is 0 Å². The second-order valence-corrected chi connectivity index (χ2v) is 8.92. The highest BCUT2D eigenvalue weighted by molar-refractivity contribution is 5.94. The number of nitrogens with one attached hydrogen (secondary N) is 3. The van der Waals surface area contributed by atoms with E-state index in [9.17, 15) is 33.9 Å². The number of rotatable bonds is 16. The van der Waals surface area contributed by atoms with Crippen LogP contribution in [0, 0.1) is 11.8 Å². The van der Waals surface area contributed by atoms with Gasteiger partial charge in [0.2, 0.25) is 17.7 Å². The van der Waals surface area contributed by atoms with Crippen LogP contribution in [0.25, 0.3) is 0 Å². The molecule has 0 aliphatic carbocycles. The Morgan fingerprint density at radius 3 is 1.44 bits per heavy atom. The van der Waals surface area contributed by atoms with Gasteiger partial charge in [-0.3, -0.25) is 24.0 Å². The van der Waals surface area contributed by atoms with Gasteiger partial charge >= 0.3 is 17.9 Å². The first-order valence-corrected chi connectivity index (χ1v) is 11.0. The van der Waals surface area contributed by atoms with Crippen LogP contribution >= 0.6 is 0 Å². The van der Waals surface area contributed by atoms with E-state index in [0.29, 0.717) is 0 Å². The third-order valence-electron chi connectivity index (χ3n) is 4.68. The first-order valence-electron chi connectivity index (χ1n) is 11.0. The highest BCUT2D eigenvalue weighted by atomic mass is 16.4. The summed E-state index contributed by atoms with van der Waals surface area (Å²) in [6.45, 7) is 7.15. The molecule has 8 N–H and O–H groups in total. The lowest BCUT2D eigenvalue weighted by Crippen LogP contribution is -2.57. The highest BCUT2D eigenvalue weighted by Crippen LogP contribution is 2.10. The number of carbonyl (C=O) groups is 6. The second-order valence-electron chi connectivity index (χ2n) is 8.92. The molecule has 0 aromatic heterocycles. The number of aliphatic carboxylic acids is 3.